The lowest BCUT2D eigenvalue weighted by atomic mass is 9.96. The van der Waals surface area contributed by atoms with Crippen LogP contribution in [0.1, 0.15) is 20.8 Å². The molecule has 0 bridgehead atoms. The molecule has 0 saturated carbocycles. The summed E-state index contributed by atoms with van der Waals surface area (Å²) in [6.07, 6.45) is 1.02. The molecule has 0 aliphatic rings. The fraction of sp³-hybridized carbons (Fsp3) is 0.625. The van der Waals surface area contributed by atoms with Crippen molar-refractivity contribution in [2.45, 2.75) is 24.6 Å². The van der Waals surface area contributed by atoms with Gasteiger partial charge in [0.25, 0.3) is 3.79 Å². The lowest BCUT2D eigenvalue weighted by molar-refractivity contribution is -0.188. The summed E-state index contributed by atoms with van der Waals surface area (Å²) in [5.41, 5.74) is -0.522. The third-order valence-electron chi connectivity index (χ3n) is 1.33. The van der Waals surface area contributed by atoms with Gasteiger partial charge in [0.15, 0.2) is 0 Å². The number of rotatable bonds is 2. The average Bonchev–Trinajstić information content (AvgIpc) is 1.84. The Kier molecular flexibility index (Phi) is 3.71. The molecule has 0 radical (unpaired) electrons. The van der Waals surface area contributed by atoms with Gasteiger partial charge in [0.2, 0.25) is 0 Å². The maximum atomic E-state index is 10.8. The van der Waals surface area contributed by atoms with Crippen molar-refractivity contribution >= 4 is 28.6 Å². The van der Waals surface area contributed by atoms with E-state index < -0.39 is 15.2 Å². The van der Waals surface area contributed by atoms with Crippen LogP contribution in [0.25, 0.3) is 0 Å². The second-order valence-electron chi connectivity index (χ2n) is 3.44. The van der Waals surface area contributed by atoms with Crippen LogP contribution in [0.3, 0.4) is 0 Å². The zero-order valence-electron chi connectivity index (χ0n) is 7.43. The molecule has 1 N–H and O–H groups in total. The van der Waals surface area contributed by atoms with Gasteiger partial charge >= 0.3 is 5.97 Å². The summed E-state index contributed by atoms with van der Waals surface area (Å²) < 4.78 is 3.25. The van der Waals surface area contributed by atoms with E-state index in [4.69, 9.17) is 4.74 Å². The fourth-order valence-electron chi connectivity index (χ4n) is 0.328. The van der Waals surface area contributed by atoms with E-state index in [1.165, 1.54) is 0 Å². The third-order valence-corrected chi connectivity index (χ3v) is 3.17. The molecule has 0 heterocycles. The van der Waals surface area contributed by atoms with E-state index in [2.05, 4.69) is 6.58 Å². The molecule has 0 amide bonds. The number of halogens is 1. The SMILES string of the molecule is C=CC(=O)OC(O)(I)C(C)(C)C. The molecule has 70 valence electrons. The van der Waals surface area contributed by atoms with Crippen LogP contribution in [-0.4, -0.2) is 14.9 Å². The average molecular weight is 284 g/mol. The molecule has 0 aliphatic carbocycles. The molecule has 0 aromatic carbocycles. The summed E-state index contributed by atoms with van der Waals surface area (Å²) in [5, 5.41) is 9.65. The van der Waals surface area contributed by atoms with Crippen molar-refractivity contribution in [1.29, 1.82) is 0 Å². The largest absolute Gasteiger partial charge is 0.420 e. The van der Waals surface area contributed by atoms with Crippen LogP contribution in [0.4, 0.5) is 0 Å². The van der Waals surface area contributed by atoms with E-state index in [0.717, 1.165) is 6.08 Å². The van der Waals surface area contributed by atoms with Crippen LogP contribution in [0.2, 0.25) is 0 Å². The number of alkyl halides is 1. The lowest BCUT2D eigenvalue weighted by Gasteiger charge is -2.33. The van der Waals surface area contributed by atoms with E-state index in [1.807, 2.05) is 0 Å². The molecule has 1 atom stereocenters. The number of esters is 1. The van der Waals surface area contributed by atoms with Gasteiger partial charge in [-0.1, -0.05) is 27.4 Å². The van der Waals surface area contributed by atoms with Crippen molar-refractivity contribution in [1.82, 2.24) is 0 Å². The second-order valence-corrected chi connectivity index (χ2v) is 4.90. The predicted molar refractivity (Wildman–Crippen MR) is 54.7 cm³/mol. The molecule has 4 heteroatoms. The van der Waals surface area contributed by atoms with E-state index in [-0.39, 0.29) is 0 Å². The van der Waals surface area contributed by atoms with Crippen molar-refractivity contribution in [2.24, 2.45) is 5.41 Å². The number of hydrogen-bond donors (Lipinski definition) is 1. The number of ether oxygens (including phenoxy) is 1. The number of hydrogen-bond acceptors (Lipinski definition) is 3. The van der Waals surface area contributed by atoms with Crippen molar-refractivity contribution < 1.29 is 14.6 Å². The van der Waals surface area contributed by atoms with E-state index in [0.29, 0.717) is 0 Å². The quantitative estimate of drug-likeness (QED) is 0.277. The van der Waals surface area contributed by atoms with Gasteiger partial charge in [-0.05, 0) is 0 Å². The normalized spacial score (nSPS) is 16.4. The number of aliphatic hydroxyl groups is 1. The monoisotopic (exact) mass is 284 g/mol. The minimum atomic E-state index is -1.49. The van der Waals surface area contributed by atoms with E-state index in [1.54, 1.807) is 43.4 Å². The minimum absolute atomic E-state index is 0.522. The van der Waals surface area contributed by atoms with Crippen LogP contribution in [-0.2, 0) is 9.53 Å². The Hall–Kier alpha value is -0.100. The first-order chi connectivity index (χ1) is 5.20. The van der Waals surface area contributed by atoms with Gasteiger partial charge < -0.3 is 9.84 Å². The van der Waals surface area contributed by atoms with Gasteiger partial charge in [0, 0.05) is 34.1 Å². The van der Waals surface area contributed by atoms with Crippen LogP contribution in [0.5, 0.6) is 0 Å². The van der Waals surface area contributed by atoms with Gasteiger partial charge in [-0.2, -0.15) is 0 Å². The molecule has 0 aromatic heterocycles. The van der Waals surface area contributed by atoms with Crippen LogP contribution >= 0.6 is 22.6 Å². The summed E-state index contributed by atoms with van der Waals surface area (Å²) in [4.78, 5) is 10.8. The Balaban J connectivity index is 4.43. The molecule has 3 nitrogen and oxygen atoms in total. The van der Waals surface area contributed by atoms with Gasteiger partial charge in [-0.15, -0.1) is 0 Å². The zero-order valence-corrected chi connectivity index (χ0v) is 9.58. The second kappa shape index (κ2) is 3.74. The maximum absolute atomic E-state index is 10.8. The van der Waals surface area contributed by atoms with Crippen molar-refractivity contribution in [3.05, 3.63) is 12.7 Å². The smallest absolute Gasteiger partial charge is 0.333 e. The molecule has 0 spiro atoms. The Morgan fingerprint density at radius 2 is 2.00 bits per heavy atom. The Bertz CT molecular complexity index is 191. The highest BCUT2D eigenvalue weighted by molar-refractivity contribution is 14.1. The molecule has 12 heavy (non-hydrogen) atoms. The Morgan fingerprint density at radius 3 is 2.25 bits per heavy atom. The summed E-state index contributed by atoms with van der Waals surface area (Å²) in [6, 6.07) is 0. The molecule has 0 aliphatic heterocycles. The summed E-state index contributed by atoms with van der Waals surface area (Å²) in [5.74, 6) is -0.623. The van der Waals surface area contributed by atoms with Crippen molar-refractivity contribution in [3.8, 4) is 0 Å². The van der Waals surface area contributed by atoms with E-state index >= 15 is 0 Å². The highest BCUT2D eigenvalue weighted by atomic mass is 127. The highest BCUT2D eigenvalue weighted by Gasteiger charge is 2.40. The first kappa shape index (κ1) is 11.9. The molecular formula is C8H13IO3. The van der Waals surface area contributed by atoms with Gasteiger partial charge in [-0.25, -0.2) is 4.79 Å². The van der Waals surface area contributed by atoms with E-state index in [9.17, 15) is 9.90 Å². The van der Waals surface area contributed by atoms with Crippen molar-refractivity contribution in [2.75, 3.05) is 0 Å². The van der Waals surface area contributed by atoms with Crippen LogP contribution in [0, 0.1) is 5.41 Å². The Labute approximate surface area is 85.9 Å². The van der Waals surface area contributed by atoms with Gasteiger partial charge in [-0.3, -0.25) is 0 Å². The van der Waals surface area contributed by atoms with Gasteiger partial charge in [0.05, 0.1) is 0 Å². The molecule has 1 unspecified atom stereocenters. The highest BCUT2D eigenvalue weighted by Crippen LogP contribution is 2.37. The standard InChI is InChI=1S/C8H13IO3/c1-5-6(10)12-8(9,11)7(2,3)4/h5,11H,1H2,2-4H3. The molecular weight excluding hydrogens is 271 g/mol. The third kappa shape index (κ3) is 3.10. The molecule has 0 aromatic rings. The summed E-state index contributed by atoms with van der Waals surface area (Å²) >= 11 is 1.69. The van der Waals surface area contributed by atoms with Crippen LogP contribution in [0.15, 0.2) is 12.7 Å². The Morgan fingerprint density at radius 1 is 1.58 bits per heavy atom. The maximum Gasteiger partial charge on any atom is 0.333 e. The molecule has 0 fully saturated rings. The number of carbonyl (C=O) groups excluding carboxylic acids is 1. The molecule has 0 rings (SSSR count). The molecule has 0 saturated heterocycles. The predicted octanol–water partition coefficient (Wildman–Crippen LogP) is 1.84. The van der Waals surface area contributed by atoms with Crippen LogP contribution < -0.4 is 0 Å². The number of carbonyl (C=O) groups is 1. The van der Waals surface area contributed by atoms with Crippen molar-refractivity contribution in [3.63, 3.8) is 0 Å². The lowest BCUT2D eigenvalue weighted by Crippen LogP contribution is -2.40. The zero-order chi connectivity index (χ0) is 9.99. The minimum Gasteiger partial charge on any atom is -0.420 e. The topological polar surface area (TPSA) is 46.5 Å². The first-order valence-corrected chi connectivity index (χ1v) is 4.55. The van der Waals surface area contributed by atoms with Gasteiger partial charge in [0.1, 0.15) is 0 Å². The first-order valence-electron chi connectivity index (χ1n) is 3.47. The fourth-order valence-corrected chi connectivity index (χ4v) is 0.545. The summed E-state index contributed by atoms with van der Waals surface area (Å²) in [6.45, 7) is 8.56. The summed E-state index contributed by atoms with van der Waals surface area (Å²) in [7, 11) is 0.